The second-order valence-corrected chi connectivity index (χ2v) is 10.6. The third-order valence-electron chi connectivity index (χ3n) is 7.86. The summed E-state index contributed by atoms with van der Waals surface area (Å²) in [5.41, 5.74) is 10.5. The van der Waals surface area contributed by atoms with E-state index in [0.717, 1.165) is 76.8 Å². The van der Waals surface area contributed by atoms with Gasteiger partial charge >= 0.3 is 6.61 Å². The number of carbonyl (C=O) groups excluding carboxylic acids is 1. The van der Waals surface area contributed by atoms with Crippen LogP contribution in [0, 0.1) is 6.92 Å². The number of carbonyl (C=O) groups is 1. The number of amides is 1. The lowest BCUT2D eigenvalue weighted by Gasteiger charge is -2.38. The number of nitrogens with zero attached hydrogens (tertiary/aromatic N) is 4. The standard InChI is InChI=1S/C30H29F2N7O2/c1-17-24(20-4-3-5-21(14-20)41-29(31)32)38-28(36-17)30(2)10-12-39(13-11-30)27-22-15-23(37-26(22)34-16-35-27)18-6-8-19(9-7-18)25(33)40/h3-9,14-16,29H,10-13H2,1-2H3,(H2,33,40)(H,36,38)(H,34,35,37). The Morgan fingerprint density at radius 2 is 1.80 bits per heavy atom. The number of alkyl halides is 2. The van der Waals surface area contributed by atoms with Gasteiger partial charge in [0.1, 0.15) is 29.4 Å². The molecule has 2 aromatic carbocycles. The molecule has 11 heteroatoms. The smallest absolute Gasteiger partial charge is 0.387 e. The molecule has 1 amide bonds. The second kappa shape index (κ2) is 10.3. The topological polar surface area (TPSA) is 126 Å². The Morgan fingerprint density at radius 1 is 1.05 bits per heavy atom. The molecule has 1 aliphatic rings. The van der Waals surface area contributed by atoms with E-state index in [2.05, 4.69) is 36.5 Å². The zero-order chi connectivity index (χ0) is 28.7. The van der Waals surface area contributed by atoms with Gasteiger partial charge in [0.15, 0.2) is 0 Å². The first-order chi connectivity index (χ1) is 19.7. The van der Waals surface area contributed by atoms with Crippen LogP contribution in [-0.2, 0) is 5.41 Å². The van der Waals surface area contributed by atoms with Crippen molar-refractivity contribution in [1.82, 2.24) is 24.9 Å². The first kappa shape index (κ1) is 26.4. The van der Waals surface area contributed by atoms with E-state index in [9.17, 15) is 13.6 Å². The zero-order valence-corrected chi connectivity index (χ0v) is 22.6. The van der Waals surface area contributed by atoms with Crippen LogP contribution in [0.5, 0.6) is 5.75 Å². The van der Waals surface area contributed by atoms with E-state index in [4.69, 9.17) is 10.7 Å². The Hall–Kier alpha value is -4.80. The Bertz CT molecular complexity index is 1720. The molecular formula is C30H29F2N7O2. The summed E-state index contributed by atoms with van der Waals surface area (Å²) in [6.07, 6.45) is 3.24. The van der Waals surface area contributed by atoms with Crippen molar-refractivity contribution < 1.29 is 18.3 Å². The van der Waals surface area contributed by atoms with Gasteiger partial charge in [-0.25, -0.2) is 15.0 Å². The number of piperidine rings is 1. The number of hydrogen-bond donors (Lipinski definition) is 3. The van der Waals surface area contributed by atoms with Crippen LogP contribution in [0.4, 0.5) is 14.6 Å². The summed E-state index contributed by atoms with van der Waals surface area (Å²) in [6.45, 7) is 2.77. The number of ether oxygens (including phenoxy) is 1. The number of benzene rings is 2. The van der Waals surface area contributed by atoms with Gasteiger partial charge in [0, 0.05) is 35.3 Å². The molecule has 0 spiro atoms. The fourth-order valence-electron chi connectivity index (χ4n) is 5.45. The van der Waals surface area contributed by atoms with Crippen molar-refractivity contribution >= 4 is 22.8 Å². The summed E-state index contributed by atoms with van der Waals surface area (Å²) in [4.78, 5) is 34.4. The average Bonchev–Trinajstić information content (AvgIpc) is 3.58. The highest BCUT2D eigenvalue weighted by Gasteiger charge is 2.36. The van der Waals surface area contributed by atoms with Crippen molar-refractivity contribution in [3.8, 4) is 28.3 Å². The summed E-state index contributed by atoms with van der Waals surface area (Å²) in [5.74, 6) is 1.38. The third kappa shape index (κ3) is 5.10. The predicted molar refractivity (Wildman–Crippen MR) is 152 cm³/mol. The SMILES string of the molecule is Cc1nc(C2(C)CCN(c3ncnc4[nH]c(-c5ccc(C(N)=O)cc5)cc34)CC2)[nH]c1-c1cccc(OC(F)F)c1. The summed E-state index contributed by atoms with van der Waals surface area (Å²) in [6, 6.07) is 15.8. The maximum Gasteiger partial charge on any atom is 0.387 e. The lowest BCUT2D eigenvalue weighted by molar-refractivity contribution is -0.0498. The fourth-order valence-corrected chi connectivity index (χ4v) is 5.45. The molecule has 5 aromatic rings. The minimum absolute atomic E-state index is 0.110. The molecule has 1 aliphatic heterocycles. The maximum absolute atomic E-state index is 12.7. The molecule has 1 saturated heterocycles. The van der Waals surface area contributed by atoms with Gasteiger partial charge in [-0.2, -0.15) is 8.78 Å². The fraction of sp³-hybridized carbons (Fsp3) is 0.267. The Labute approximate surface area is 234 Å². The van der Waals surface area contributed by atoms with Crippen LogP contribution in [0.25, 0.3) is 33.5 Å². The van der Waals surface area contributed by atoms with Crippen molar-refractivity contribution in [2.75, 3.05) is 18.0 Å². The average molecular weight is 558 g/mol. The molecule has 0 unspecified atom stereocenters. The summed E-state index contributed by atoms with van der Waals surface area (Å²) in [7, 11) is 0. The summed E-state index contributed by atoms with van der Waals surface area (Å²) < 4.78 is 30.0. The molecule has 0 radical (unpaired) electrons. The van der Waals surface area contributed by atoms with E-state index in [1.54, 1.807) is 30.6 Å². The highest BCUT2D eigenvalue weighted by atomic mass is 19.3. The Balaban J connectivity index is 1.21. The quantitative estimate of drug-likeness (QED) is 0.240. The second-order valence-electron chi connectivity index (χ2n) is 10.6. The number of fused-ring (bicyclic) bond motifs is 1. The van der Waals surface area contributed by atoms with Crippen molar-refractivity contribution in [3.63, 3.8) is 0 Å². The van der Waals surface area contributed by atoms with E-state index in [1.807, 2.05) is 31.2 Å². The van der Waals surface area contributed by atoms with Gasteiger partial charge in [-0.15, -0.1) is 0 Å². The first-order valence-electron chi connectivity index (χ1n) is 13.3. The molecule has 1 fully saturated rings. The summed E-state index contributed by atoms with van der Waals surface area (Å²) >= 11 is 0. The van der Waals surface area contributed by atoms with Crippen molar-refractivity contribution in [2.45, 2.75) is 38.7 Å². The molecule has 41 heavy (non-hydrogen) atoms. The highest BCUT2D eigenvalue weighted by molar-refractivity contribution is 5.94. The molecule has 210 valence electrons. The number of nitrogens with two attached hydrogens (primary N) is 1. The van der Waals surface area contributed by atoms with Gasteiger partial charge < -0.3 is 25.3 Å². The van der Waals surface area contributed by atoms with Crippen molar-refractivity contribution in [3.05, 3.63) is 78.0 Å². The molecule has 9 nitrogen and oxygen atoms in total. The van der Waals surface area contributed by atoms with Gasteiger partial charge in [0.05, 0.1) is 16.8 Å². The molecule has 3 aromatic heterocycles. The minimum Gasteiger partial charge on any atom is -0.435 e. The normalized spacial score (nSPS) is 15.0. The molecular weight excluding hydrogens is 528 g/mol. The van der Waals surface area contributed by atoms with Crippen LogP contribution in [0.2, 0.25) is 0 Å². The molecule has 0 atom stereocenters. The van der Waals surface area contributed by atoms with Gasteiger partial charge in [0.25, 0.3) is 0 Å². The first-order valence-corrected chi connectivity index (χ1v) is 13.3. The number of hydrogen-bond acceptors (Lipinski definition) is 6. The van der Waals surface area contributed by atoms with E-state index in [-0.39, 0.29) is 11.2 Å². The number of imidazole rings is 1. The Kier molecular flexibility index (Phi) is 6.64. The number of primary amides is 1. The van der Waals surface area contributed by atoms with E-state index >= 15 is 0 Å². The lowest BCUT2D eigenvalue weighted by Crippen LogP contribution is -2.42. The van der Waals surface area contributed by atoms with Crippen molar-refractivity contribution in [2.24, 2.45) is 5.73 Å². The van der Waals surface area contributed by atoms with Gasteiger partial charge in [-0.05, 0) is 55.7 Å². The molecule has 6 rings (SSSR count). The van der Waals surface area contributed by atoms with E-state index in [0.29, 0.717) is 5.56 Å². The van der Waals surface area contributed by atoms with Crippen LogP contribution in [0.1, 0.15) is 41.6 Å². The number of H-pyrrole nitrogens is 2. The number of nitrogens with one attached hydrogen (secondary N) is 2. The number of aryl methyl sites for hydroxylation is 1. The molecule has 0 saturated carbocycles. The monoisotopic (exact) mass is 557 g/mol. The van der Waals surface area contributed by atoms with E-state index in [1.165, 1.54) is 6.07 Å². The molecule has 4 heterocycles. The largest absolute Gasteiger partial charge is 0.435 e. The highest BCUT2D eigenvalue weighted by Crippen LogP contribution is 2.38. The van der Waals surface area contributed by atoms with Crippen LogP contribution in [0.3, 0.4) is 0 Å². The van der Waals surface area contributed by atoms with Gasteiger partial charge in [-0.3, -0.25) is 4.79 Å². The van der Waals surface area contributed by atoms with Gasteiger partial charge in [0.2, 0.25) is 5.91 Å². The third-order valence-corrected chi connectivity index (χ3v) is 7.86. The number of anilines is 1. The number of aromatic amines is 2. The van der Waals surface area contributed by atoms with Crippen molar-refractivity contribution in [1.29, 1.82) is 0 Å². The van der Waals surface area contributed by atoms with Crippen LogP contribution >= 0.6 is 0 Å². The van der Waals surface area contributed by atoms with E-state index < -0.39 is 12.5 Å². The number of rotatable bonds is 7. The Morgan fingerprint density at radius 3 is 2.51 bits per heavy atom. The maximum atomic E-state index is 12.7. The summed E-state index contributed by atoms with van der Waals surface area (Å²) in [5, 5.41) is 0.923. The number of aromatic nitrogens is 5. The molecule has 4 N–H and O–H groups in total. The van der Waals surface area contributed by atoms with Crippen LogP contribution in [0.15, 0.2) is 60.9 Å². The van der Waals surface area contributed by atoms with Crippen LogP contribution in [-0.4, -0.2) is 50.5 Å². The lowest BCUT2D eigenvalue weighted by atomic mass is 9.79. The minimum atomic E-state index is -2.88. The van der Waals surface area contributed by atoms with Gasteiger partial charge in [-0.1, -0.05) is 31.2 Å². The zero-order valence-electron chi connectivity index (χ0n) is 22.6. The predicted octanol–water partition coefficient (Wildman–Crippen LogP) is 5.58. The molecule has 0 bridgehead atoms. The van der Waals surface area contributed by atoms with Crippen LogP contribution < -0.4 is 15.4 Å². The number of halogens is 2. The molecule has 0 aliphatic carbocycles.